The van der Waals surface area contributed by atoms with E-state index in [1.165, 1.54) is 0 Å². The van der Waals surface area contributed by atoms with Crippen LogP contribution in [-0.2, 0) is 4.79 Å². The summed E-state index contributed by atoms with van der Waals surface area (Å²) in [6.45, 7) is 2.04. The number of hydroxylamine groups is 1. The Labute approximate surface area is 174 Å². The Balaban J connectivity index is 1.50. The van der Waals surface area contributed by atoms with Gasteiger partial charge in [-0.3, -0.25) is 19.7 Å². The van der Waals surface area contributed by atoms with E-state index in [4.69, 9.17) is 14.7 Å². The minimum Gasteiger partial charge on any atom is -0.492 e. The number of carbonyl (C=O) groups excluding carboxylic acids is 2. The summed E-state index contributed by atoms with van der Waals surface area (Å²) < 4.78 is 11.9. The smallest absolute Gasteiger partial charge is 0.274 e. The molecule has 8 nitrogen and oxygen atoms in total. The molecule has 4 rings (SSSR count). The molecular formula is C22H23N3O5. The lowest BCUT2D eigenvalue weighted by molar-refractivity contribution is -0.115. The standard InChI is InChI=1S/C22H23N3O5/c1-24-11-10-17-20(14-24)30-19-5-3-2-4-18(19)25(22(17)27)12-13-29-16-8-6-15(7-9-16)21(26)23-28/h2-9,28H,10-14H2,1H3,(H,23,26). The molecule has 0 saturated carbocycles. The number of hydrogen-bond donors (Lipinski definition) is 2. The molecule has 30 heavy (non-hydrogen) atoms. The minimum atomic E-state index is -0.587. The van der Waals surface area contributed by atoms with Gasteiger partial charge in [0, 0.05) is 12.1 Å². The number of fused-ring (bicyclic) bond motifs is 1. The fraction of sp³-hybridized carbons (Fsp3) is 0.273. The first kappa shape index (κ1) is 19.9. The van der Waals surface area contributed by atoms with Gasteiger partial charge in [-0.2, -0.15) is 0 Å². The second kappa shape index (κ2) is 8.56. The van der Waals surface area contributed by atoms with Gasteiger partial charge in [-0.25, -0.2) is 5.48 Å². The van der Waals surface area contributed by atoms with E-state index in [0.717, 1.165) is 12.2 Å². The molecule has 0 spiro atoms. The van der Waals surface area contributed by atoms with Gasteiger partial charge in [-0.15, -0.1) is 0 Å². The van der Waals surface area contributed by atoms with Crippen LogP contribution in [-0.4, -0.2) is 55.2 Å². The number of nitrogens with one attached hydrogen (secondary N) is 1. The van der Waals surface area contributed by atoms with Crippen LogP contribution in [0.1, 0.15) is 16.8 Å². The summed E-state index contributed by atoms with van der Waals surface area (Å²) in [5.74, 6) is 1.29. The third-order valence-corrected chi connectivity index (χ3v) is 5.19. The van der Waals surface area contributed by atoms with Crippen LogP contribution in [0.4, 0.5) is 5.69 Å². The Morgan fingerprint density at radius 2 is 1.97 bits per heavy atom. The first-order chi connectivity index (χ1) is 14.6. The van der Waals surface area contributed by atoms with Crippen LogP contribution in [0.5, 0.6) is 11.5 Å². The number of ether oxygens (including phenoxy) is 2. The molecule has 0 atom stereocenters. The summed E-state index contributed by atoms with van der Waals surface area (Å²) in [5.41, 5.74) is 3.34. The molecule has 0 fully saturated rings. The molecule has 0 bridgehead atoms. The SMILES string of the molecule is CN1CCC2=C(C1)Oc1ccccc1N(CCOc1ccc(C(=O)NO)cc1)C2=O. The average Bonchev–Trinajstić information content (AvgIpc) is 2.88. The van der Waals surface area contributed by atoms with Crippen LogP contribution >= 0.6 is 0 Å². The van der Waals surface area contributed by atoms with Crippen molar-refractivity contribution in [2.75, 3.05) is 38.2 Å². The number of para-hydroxylation sites is 2. The van der Waals surface area contributed by atoms with Crippen molar-refractivity contribution in [1.82, 2.24) is 10.4 Å². The van der Waals surface area contributed by atoms with Crippen molar-refractivity contribution in [3.8, 4) is 11.5 Å². The van der Waals surface area contributed by atoms with E-state index in [-0.39, 0.29) is 12.5 Å². The van der Waals surface area contributed by atoms with Crippen molar-refractivity contribution in [2.45, 2.75) is 6.42 Å². The lowest BCUT2D eigenvalue weighted by Gasteiger charge is -2.26. The van der Waals surface area contributed by atoms with Crippen molar-refractivity contribution in [2.24, 2.45) is 0 Å². The second-order valence-corrected chi connectivity index (χ2v) is 7.23. The summed E-state index contributed by atoms with van der Waals surface area (Å²) in [7, 11) is 2.01. The molecule has 2 aliphatic heterocycles. The Morgan fingerprint density at radius 1 is 1.20 bits per heavy atom. The lowest BCUT2D eigenvalue weighted by atomic mass is 10.1. The van der Waals surface area contributed by atoms with Crippen molar-refractivity contribution in [3.05, 3.63) is 65.4 Å². The van der Waals surface area contributed by atoms with Crippen LogP contribution in [0, 0.1) is 0 Å². The summed E-state index contributed by atoms with van der Waals surface area (Å²) in [6, 6.07) is 13.9. The third-order valence-electron chi connectivity index (χ3n) is 5.19. The predicted octanol–water partition coefficient (Wildman–Crippen LogP) is 2.20. The van der Waals surface area contributed by atoms with Crippen LogP contribution < -0.4 is 19.9 Å². The Bertz CT molecular complexity index is 987. The van der Waals surface area contributed by atoms with Gasteiger partial charge < -0.3 is 14.4 Å². The zero-order valence-electron chi connectivity index (χ0n) is 16.6. The quantitative estimate of drug-likeness (QED) is 0.581. The van der Waals surface area contributed by atoms with Gasteiger partial charge in [0.05, 0.1) is 24.4 Å². The van der Waals surface area contributed by atoms with Crippen LogP contribution in [0.15, 0.2) is 59.9 Å². The molecular weight excluding hydrogens is 386 g/mol. The molecule has 0 saturated heterocycles. The Hall–Kier alpha value is -3.36. The van der Waals surface area contributed by atoms with Gasteiger partial charge in [0.1, 0.15) is 18.1 Å². The maximum absolute atomic E-state index is 13.3. The van der Waals surface area contributed by atoms with Crippen molar-refractivity contribution in [1.29, 1.82) is 0 Å². The number of benzene rings is 2. The van der Waals surface area contributed by atoms with E-state index in [1.807, 2.05) is 31.3 Å². The van der Waals surface area contributed by atoms with E-state index in [2.05, 4.69) is 4.90 Å². The van der Waals surface area contributed by atoms with Gasteiger partial charge in [0.15, 0.2) is 5.75 Å². The molecule has 2 aromatic rings. The number of hydrogen-bond acceptors (Lipinski definition) is 6. The van der Waals surface area contributed by atoms with Crippen LogP contribution in [0.2, 0.25) is 0 Å². The zero-order valence-corrected chi connectivity index (χ0v) is 16.6. The first-order valence-corrected chi connectivity index (χ1v) is 9.73. The molecule has 2 N–H and O–H groups in total. The molecule has 2 amide bonds. The number of nitrogens with zero attached hydrogens (tertiary/aromatic N) is 2. The summed E-state index contributed by atoms with van der Waals surface area (Å²) in [4.78, 5) is 28.5. The predicted molar refractivity (Wildman–Crippen MR) is 110 cm³/mol. The number of anilines is 1. The van der Waals surface area contributed by atoms with Crippen molar-refractivity contribution in [3.63, 3.8) is 0 Å². The largest absolute Gasteiger partial charge is 0.492 e. The van der Waals surface area contributed by atoms with Crippen LogP contribution in [0.25, 0.3) is 0 Å². The van der Waals surface area contributed by atoms with Gasteiger partial charge in [0.25, 0.3) is 11.8 Å². The molecule has 8 heteroatoms. The van der Waals surface area contributed by atoms with Crippen molar-refractivity contribution < 1.29 is 24.3 Å². The summed E-state index contributed by atoms with van der Waals surface area (Å²) >= 11 is 0. The molecule has 0 radical (unpaired) electrons. The Morgan fingerprint density at radius 3 is 2.73 bits per heavy atom. The maximum Gasteiger partial charge on any atom is 0.274 e. The molecule has 156 valence electrons. The van der Waals surface area contributed by atoms with E-state index in [1.54, 1.807) is 34.6 Å². The second-order valence-electron chi connectivity index (χ2n) is 7.23. The fourth-order valence-electron chi connectivity index (χ4n) is 3.60. The highest BCUT2D eigenvalue weighted by molar-refractivity contribution is 6.07. The minimum absolute atomic E-state index is 0.0541. The van der Waals surface area contributed by atoms with E-state index in [0.29, 0.717) is 47.9 Å². The number of likely N-dealkylation sites (N-methyl/N-ethyl adjacent to an activating group) is 1. The normalized spacial score (nSPS) is 16.3. The number of rotatable bonds is 5. The summed E-state index contributed by atoms with van der Waals surface area (Å²) in [6.07, 6.45) is 0.643. The highest BCUT2D eigenvalue weighted by Crippen LogP contribution is 2.36. The monoisotopic (exact) mass is 409 g/mol. The third kappa shape index (κ3) is 4.00. The average molecular weight is 409 g/mol. The lowest BCUT2D eigenvalue weighted by Crippen LogP contribution is -2.38. The molecule has 2 heterocycles. The highest BCUT2D eigenvalue weighted by atomic mass is 16.5. The van der Waals surface area contributed by atoms with Gasteiger partial charge in [0.2, 0.25) is 0 Å². The van der Waals surface area contributed by atoms with E-state index < -0.39 is 5.91 Å². The molecule has 2 aromatic carbocycles. The number of amides is 2. The van der Waals surface area contributed by atoms with Crippen molar-refractivity contribution >= 4 is 17.5 Å². The summed E-state index contributed by atoms with van der Waals surface area (Å²) in [5, 5.41) is 8.68. The Kier molecular flexibility index (Phi) is 5.69. The van der Waals surface area contributed by atoms with Gasteiger partial charge in [-0.05, 0) is 49.9 Å². The van der Waals surface area contributed by atoms with Gasteiger partial charge >= 0.3 is 0 Å². The van der Waals surface area contributed by atoms with E-state index in [9.17, 15) is 9.59 Å². The first-order valence-electron chi connectivity index (χ1n) is 9.73. The van der Waals surface area contributed by atoms with E-state index >= 15 is 0 Å². The molecule has 0 aromatic heterocycles. The molecule has 2 aliphatic rings. The molecule has 0 aliphatic carbocycles. The fourth-order valence-corrected chi connectivity index (χ4v) is 3.60. The number of carbonyl (C=O) groups is 2. The zero-order chi connectivity index (χ0) is 21.1. The molecule has 0 unspecified atom stereocenters. The van der Waals surface area contributed by atoms with Gasteiger partial charge in [-0.1, -0.05) is 12.1 Å². The topological polar surface area (TPSA) is 91.3 Å². The van der Waals surface area contributed by atoms with Crippen LogP contribution in [0.3, 0.4) is 0 Å². The maximum atomic E-state index is 13.3. The highest BCUT2D eigenvalue weighted by Gasteiger charge is 2.32.